The van der Waals surface area contributed by atoms with E-state index in [0.717, 1.165) is 29.1 Å². The normalized spacial score (nSPS) is 13.0. The Kier molecular flexibility index (Phi) is 2.64. The third kappa shape index (κ3) is 1.71. The molecule has 2 N–H and O–H groups in total. The summed E-state index contributed by atoms with van der Waals surface area (Å²) in [4.78, 5) is 4.31. The lowest BCUT2D eigenvalue weighted by Crippen LogP contribution is -2.16. The summed E-state index contributed by atoms with van der Waals surface area (Å²) in [5, 5.41) is 1.07. The fraction of sp³-hybridized carbons (Fsp3) is 0.214. The van der Waals surface area contributed by atoms with Crippen LogP contribution in [0.15, 0.2) is 47.1 Å². The minimum Gasteiger partial charge on any atom is -0.459 e. The molecule has 0 bridgehead atoms. The van der Waals surface area contributed by atoms with Crippen molar-refractivity contribution in [2.45, 2.75) is 19.5 Å². The smallest absolute Gasteiger partial charge is 0.134 e. The van der Waals surface area contributed by atoms with Crippen LogP contribution in [0, 0.1) is 0 Å². The van der Waals surface area contributed by atoms with Crippen molar-refractivity contribution in [3.05, 3.63) is 54.3 Å². The predicted octanol–water partition coefficient (Wildman–Crippen LogP) is 2.70. The van der Waals surface area contributed by atoms with Crippen LogP contribution in [0.1, 0.15) is 24.6 Å². The summed E-state index contributed by atoms with van der Waals surface area (Å²) in [6.07, 6.45) is 3.69. The second-order valence-electron chi connectivity index (χ2n) is 4.24. The van der Waals surface area contributed by atoms with E-state index in [4.69, 9.17) is 10.2 Å². The molecule has 0 spiro atoms. The van der Waals surface area contributed by atoms with Crippen LogP contribution in [0.4, 0.5) is 0 Å². The van der Waals surface area contributed by atoms with Gasteiger partial charge in [0.25, 0.3) is 0 Å². The Morgan fingerprint density at radius 1 is 1.39 bits per heavy atom. The minimum atomic E-state index is -0.327. The van der Waals surface area contributed by atoms with E-state index in [1.54, 1.807) is 6.20 Å². The molecule has 3 rings (SSSR count). The molecule has 4 nitrogen and oxygen atoms in total. The highest BCUT2D eigenvalue weighted by molar-refractivity contribution is 5.77. The van der Waals surface area contributed by atoms with Gasteiger partial charge < -0.3 is 14.7 Å². The Labute approximate surface area is 105 Å². The summed E-state index contributed by atoms with van der Waals surface area (Å²) in [5.74, 6) is 1.58. The van der Waals surface area contributed by atoms with Crippen LogP contribution in [0.2, 0.25) is 0 Å². The molecule has 3 aromatic rings. The van der Waals surface area contributed by atoms with Crippen LogP contribution in [0.5, 0.6) is 0 Å². The molecule has 0 saturated carbocycles. The topological polar surface area (TPSA) is 57.0 Å². The Morgan fingerprint density at radius 3 is 3.00 bits per heavy atom. The Balaban J connectivity index is 2.03. The van der Waals surface area contributed by atoms with E-state index < -0.39 is 0 Å². The summed E-state index contributed by atoms with van der Waals surface area (Å²) < 4.78 is 7.80. The fourth-order valence-corrected chi connectivity index (χ4v) is 2.15. The predicted molar refractivity (Wildman–Crippen MR) is 70.1 cm³/mol. The minimum absolute atomic E-state index is 0.327. The van der Waals surface area contributed by atoms with E-state index >= 15 is 0 Å². The first-order chi connectivity index (χ1) is 8.79. The van der Waals surface area contributed by atoms with Crippen molar-refractivity contribution in [2.75, 3.05) is 0 Å². The molecule has 0 aliphatic heterocycles. The van der Waals surface area contributed by atoms with Crippen molar-refractivity contribution < 1.29 is 4.42 Å². The van der Waals surface area contributed by atoms with Gasteiger partial charge in [-0.15, -0.1) is 0 Å². The average Bonchev–Trinajstić information content (AvgIpc) is 3.03. The number of aryl methyl sites for hydroxylation is 1. The zero-order chi connectivity index (χ0) is 12.5. The molecule has 92 valence electrons. The molecule has 1 atom stereocenters. The number of para-hydroxylation sites is 1. The zero-order valence-electron chi connectivity index (χ0n) is 10.2. The largest absolute Gasteiger partial charge is 0.459 e. The van der Waals surface area contributed by atoms with E-state index in [1.165, 1.54) is 0 Å². The number of hydrogen-bond donors (Lipinski definition) is 1. The van der Waals surface area contributed by atoms with Gasteiger partial charge in [-0.3, -0.25) is 0 Å². The zero-order valence-corrected chi connectivity index (χ0v) is 10.2. The molecule has 18 heavy (non-hydrogen) atoms. The monoisotopic (exact) mass is 241 g/mol. The van der Waals surface area contributed by atoms with Gasteiger partial charge in [-0.05, 0) is 19.1 Å². The van der Waals surface area contributed by atoms with Crippen LogP contribution in [0.25, 0.3) is 11.0 Å². The number of hydrogen-bond acceptors (Lipinski definition) is 3. The number of fused-ring (bicyclic) bond motifs is 1. The lowest BCUT2D eigenvalue weighted by molar-refractivity contribution is 0.504. The number of aromatic nitrogens is 2. The van der Waals surface area contributed by atoms with E-state index in [9.17, 15) is 0 Å². The average molecular weight is 241 g/mol. The summed E-state index contributed by atoms with van der Waals surface area (Å²) in [6, 6.07) is 9.55. The molecule has 1 unspecified atom stereocenters. The van der Waals surface area contributed by atoms with E-state index in [2.05, 4.69) is 11.9 Å². The quantitative estimate of drug-likeness (QED) is 0.767. The van der Waals surface area contributed by atoms with Gasteiger partial charge >= 0.3 is 0 Å². The summed E-state index contributed by atoms with van der Waals surface area (Å²) in [5.41, 5.74) is 7.08. The van der Waals surface area contributed by atoms with Gasteiger partial charge in [0, 0.05) is 24.3 Å². The van der Waals surface area contributed by atoms with Crippen molar-refractivity contribution in [3.63, 3.8) is 0 Å². The fourth-order valence-electron chi connectivity index (χ4n) is 2.15. The highest BCUT2D eigenvalue weighted by Gasteiger charge is 2.18. The number of furan rings is 1. The van der Waals surface area contributed by atoms with E-state index in [-0.39, 0.29) is 6.04 Å². The van der Waals surface area contributed by atoms with Crippen LogP contribution < -0.4 is 5.73 Å². The van der Waals surface area contributed by atoms with Gasteiger partial charge in [-0.25, -0.2) is 4.98 Å². The molecule has 0 fully saturated rings. The van der Waals surface area contributed by atoms with Gasteiger partial charge in [0.1, 0.15) is 23.2 Å². The van der Waals surface area contributed by atoms with E-state index in [1.807, 2.05) is 41.1 Å². The van der Waals surface area contributed by atoms with Crippen molar-refractivity contribution in [1.29, 1.82) is 0 Å². The molecule has 0 saturated heterocycles. The van der Waals surface area contributed by atoms with E-state index in [0.29, 0.717) is 0 Å². The first kappa shape index (κ1) is 11.0. The number of nitrogens with two attached hydrogens (primary N) is 1. The Morgan fingerprint density at radius 2 is 2.22 bits per heavy atom. The van der Waals surface area contributed by atoms with Crippen LogP contribution in [-0.4, -0.2) is 9.55 Å². The molecular weight excluding hydrogens is 226 g/mol. The van der Waals surface area contributed by atoms with Gasteiger partial charge in [-0.1, -0.05) is 18.2 Å². The second kappa shape index (κ2) is 4.31. The van der Waals surface area contributed by atoms with Gasteiger partial charge in [0.15, 0.2) is 0 Å². The number of rotatable bonds is 3. The third-order valence-electron chi connectivity index (χ3n) is 3.12. The molecule has 2 heterocycles. The number of nitrogens with zero attached hydrogens (tertiary/aromatic N) is 2. The molecule has 4 heteroatoms. The highest BCUT2D eigenvalue weighted by Crippen LogP contribution is 2.25. The van der Waals surface area contributed by atoms with Crippen molar-refractivity contribution in [2.24, 2.45) is 5.73 Å². The first-order valence-electron chi connectivity index (χ1n) is 6.04. The summed E-state index contributed by atoms with van der Waals surface area (Å²) in [7, 11) is 0. The third-order valence-corrected chi connectivity index (χ3v) is 3.12. The maximum Gasteiger partial charge on any atom is 0.134 e. The van der Waals surface area contributed by atoms with Crippen molar-refractivity contribution >= 4 is 11.0 Å². The lowest BCUT2D eigenvalue weighted by atomic mass is 10.2. The van der Waals surface area contributed by atoms with Gasteiger partial charge in [0.2, 0.25) is 0 Å². The number of imidazole rings is 1. The lowest BCUT2D eigenvalue weighted by Gasteiger charge is -2.10. The molecule has 1 aromatic carbocycles. The Hall–Kier alpha value is -2.07. The second-order valence-corrected chi connectivity index (χ2v) is 4.24. The maximum absolute atomic E-state index is 6.22. The van der Waals surface area contributed by atoms with Crippen molar-refractivity contribution in [3.8, 4) is 0 Å². The SMILES string of the molecule is CCn1ccnc1C(N)c1cc2ccccc2o1. The van der Waals surface area contributed by atoms with Gasteiger partial charge in [0.05, 0.1) is 0 Å². The molecular formula is C14H15N3O. The number of benzene rings is 1. The summed E-state index contributed by atoms with van der Waals surface area (Å²) >= 11 is 0. The first-order valence-corrected chi connectivity index (χ1v) is 6.04. The standard InChI is InChI=1S/C14H15N3O/c1-2-17-8-7-16-14(17)13(15)12-9-10-5-3-4-6-11(10)18-12/h3-9,13H,2,15H2,1H3. The molecule has 0 aliphatic rings. The maximum atomic E-state index is 6.22. The molecule has 0 amide bonds. The van der Waals surface area contributed by atoms with Crippen molar-refractivity contribution in [1.82, 2.24) is 9.55 Å². The molecule has 0 radical (unpaired) electrons. The molecule has 2 aromatic heterocycles. The van der Waals surface area contributed by atoms with Crippen LogP contribution in [-0.2, 0) is 6.54 Å². The Bertz CT molecular complexity index is 635. The molecule has 0 aliphatic carbocycles. The van der Waals surface area contributed by atoms with Crippen LogP contribution in [0.3, 0.4) is 0 Å². The van der Waals surface area contributed by atoms with Crippen LogP contribution >= 0.6 is 0 Å². The highest BCUT2D eigenvalue weighted by atomic mass is 16.3. The van der Waals surface area contributed by atoms with Gasteiger partial charge in [-0.2, -0.15) is 0 Å². The summed E-state index contributed by atoms with van der Waals surface area (Å²) in [6.45, 7) is 2.92.